The predicted octanol–water partition coefficient (Wildman–Crippen LogP) is -0.0624. The molecule has 7 heteroatoms. The van der Waals surface area contributed by atoms with Crippen LogP contribution < -0.4 is 5.32 Å². The second-order valence-corrected chi connectivity index (χ2v) is 4.67. The van der Waals surface area contributed by atoms with Crippen molar-refractivity contribution in [2.24, 2.45) is 5.41 Å². The highest BCUT2D eigenvalue weighted by Gasteiger charge is 2.47. The zero-order valence-corrected chi connectivity index (χ0v) is 10.2. The Balaban J connectivity index is 2.13. The maximum Gasteiger partial charge on any atom is 0.313 e. The summed E-state index contributed by atoms with van der Waals surface area (Å²) < 4.78 is 5.16. The van der Waals surface area contributed by atoms with Gasteiger partial charge < -0.3 is 15.2 Å². The van der Waals surface area contributed by atoms with E-state index in [0.29, 0.717) is 11.3 Å². The lowest BCUT2D eigenvalue weighted by atomic mass is 9.85. The van der Waals surface area contributed by atoms with Gasteiger partial charge >= 0.3 is 5.97 Å². The molecule has 2 unspecified atom stereocenters. The van der Waals surface area contributed by atoms with Crippen LogP contribution >= 0.6 is 0 Å². The minimum atomic E-state index is -1.09. The highest BCUT2D eigenvalue weighted by Crippen LogP contribution is 2.28. The number of hydrogen-bond acceptors (Lipinski definition) is 4. The average molecular weight is 253 g/mol. The number of carboxylic acids is 1. The molecule has 1 aromatic heterocycles. The fourth-order valence-electron chi connectivity index (χ4n) is 1.90. The number of H-pyrrole nitrogens is 1. The van der Waals surface area contributed by atoms with Crippen LogP contribution in [0.1, 0.15) is 23.0 Å². The molecule has 3 N–H and O–H groups in total. The molecule has 18 heavy (non-hydrogen) atoms. The van der Waals surface area contributed by atoms with Crippen LogP contribution in [0.3, 0.4) is 0 Å². The third-order valence-corrected chi connectivity index (χ3v) is 3.32. The van der Waals surface area contributed by atoms with Gasteiger partial charge in [-0.1, -0.05) is 0 Å². The highest BCUT2D eigenvalue weighted by molar-refractivity contribution is 5.95. The smallest absolute Gasteiger partial charge is 0.313 e. The molecule has 2 heterocycles. The molecule has 0 aromatic carbocycles. The van der Waals surface area contributed by atoms with Crippen LogP contribution in [0.5, 0.6) is 0 Å². The summed E-state index contributed by atoms with van der Waals surface area (Å²) in [6, 6.07) is -0.545. The normalized spacial score (nSPS) is 27.1. The van der Waals surface area contributed by atoms with E-state index < -0.39 is 17.4 Å². The van der Waals surface area contributed by atoms with Crippen molar-refractivity contribution in [2.75, 3.05) is 13.2 Å². The van der Waals surface area contributed by atoms with E-state index in [4.69, 9.17) is 4.74 Å². The number of rotatable bonds is 3. The van der Waals surface area contributed by atoms with Crippen LogP contribution in [-0.4, -0.2) is 46.4 Å². The molecular formula is C11H15N3O4. The van der Waals surface area contributed by atoms with Crippen LogP contribution in [0, 0.1) is 12.3 Å². The molecule has 1 saturated heterocycles. The maximum absolute atomic E-state index is 12.0. The molecular weight excluding hydrogens is 238 g/mol. The Morgan fingerprint density at radius 3 is 2.94 bits per heavy atom. The van der Waals surface area contributed by atoms with E-state index >= 15 is 0 Å². The third-order valence-electron chi connectivity index (χ3n) is 3.32. The van der Waals surface area contributed by atoms with Gasteiger partial charge in [0.1, 0.15) is 5.41 Å². The average Bonchev–Trinajstić information content (AvgIpc) is 2.87. The SMILES string of the molecule is Cc1[nH]ncc1C(=O)NC1COCC1(C)C(=O)O. The Labute approximate surface area is 104 Å². The first kappa shape index (κ1) is 12.6. The number of nitrogens with zero attached hydrogens (tertiary/aromatic N) is 1. The summed E-state index contributed by atoms with van der Waals surface area (Å²) in [5.74, 6) is -1.32. The van der Waals surface area contributed by atoms with Crippen molar-refractivity contribution < 1.29 is 19.4 Å². The van der Waals surface area contributed by atoms with E-state index in [-0.39, 0.29) is 19.1 Å². The van der Waals surface area contributed by atoms with Crippen LogP contribution in [0.2, 0.25) is 0 Å². The molecule has 0 saturated carbocycles. The molecule has 0 bridgehead atoms. The van der Waals surface area contributed by atoms with Gasteiger partial charge in [0.2, 0.25) is 0 Å². The van der Waals surface area contributed by atoms with Gasteiger partial charge in [-0.15, -0.1) is 0 Å². The van der Waals surface area contributed by atoms with E-state index in [2.05, 4.69) is 15.5 Å². The maximum atomic E-state index is 12.0. The molecule has 1 aliphatic rings. The van der Waals surface area contributed by atoms with Crippen molar-refractivity contribution >= 4 is 11.9 Å². The second kappa shape index (κ2) is 4.41. The monoisotopic (exact) mass is 253 g/mol. The van der Waals surface area contributed by atoms with Gasteiger partial charge in [0.15, 0.2) is 0 Å². The number of aryl methyl sites for hydroxylation is 1. The number of carbonyl (C=O) groups excluding carboxylic acids is 1. The van der Waals surface area contributed by atoms with Gasteiger partial charge in [-0.3, -0.25) is 14.7 Å². The number of carbonyl (C=O) groups is 2. The zero-order chi connectivity index (χ0) is 13.3. The molecule has 1 fully saturated rings. The summed E-state index contributed by atoms with van der Waals surface area (Å²) in [7, 11) is 0. The topological polar surface area (TPSA) is 104 Å². The minimum absolute atomic E-state index is 0.0949. The van der Waals surface area contributed by atoms with E-state index in [1.807, 2.05) is 0 Å². The number of carboxylic acid groups (broad SMARTS) is 1. The number of amides is 1. The Kier molecular flexibility index (Phi) is 3.08. The summed E-state index contributed by atoms with van der Waals surface area (Å²) in [4.78, 5) is 23.2. The molecule has 7 nitrogen and oxygen atoms in total. The van der Waals surface area contributed by atoms with Crippen molar-refractivity contribution in [1.82, 2.24) is 15.5 Å². The van der Waals surface area contributed by atoms with Crippen LogP contribution in [-0.2, 0) is 9.53 Å². The molecule has 0 radical (unpaired) electrons. The second-order valence-electron chi connectivity index (χ2n) is 4.67. The van der Waals surface area contributed by atoms with E-state index in [0.717, 1.165) is 0 Å². The van der Waals surface area contributed by atoms with Crippen molar-refractivity contribution in [2.45, 2.75) is 19.9 Å². The van der Waals surface area contributed by atoms with Crippen molar-refractivity contribution in [1.29, 1.82) is 0 Å². The first-order valence-electron chi connectivity index (χ1n) is 5.57. The zero-order valence-electron chi connectivity index (χ0n) is 10.2. The Bertz CT molecular complexity index is 484. The van der Waals surface area contributed by atoms with Crippen LogP contribution in [0.15, 0.2) is 6.20 Å². The number of aliphatic carboxylic acids is 1. The summed E-state index contributed by atoms with van der Waals surface area (Å²) in [5.41, 5.74) is -0.0362. The highest BCUT2D eigenvalue weighted by atomic mass is 16.5. The standard InChI is InChI=1S/C11H15N3O4/c1-6-7(3-12-14-6)9(15)13-8-4-18-5-11(8,2)10(16)17/h3,8H,4-5H2,1-2H3,(H,12,14)(H,13,15)(H,16,17). The Hall–Kier alpha value is -1.89. The number of nitrogens with one attached hydrogen (secondary N) is 2. The molecule has 2 atom stereocenters. The lowest BCUT2D eigenvalue weighted by Crippen LogP contribution is -2.49. The van der Waals surface area contributed by atoms with E-state index in [1.54, 1.807) is 13.8 Å². The molecule has 1 aromatic rings. The number of ether oxygens (including phenoxy) is 1. The van der Waals surface area contributed by atoms with Gasteiger partial charge in [0.25, 0.3) is 5.91 Å². The van der Waals surface area contributed by atoms with Gasteiger partial charge in [-0.05, 0) is 13.8 Å². The van der Waals surface area contributed by atoms with Crippen molar-refractivity contribution in [3.05, 3.63) is 17.5 Å². The minimum Gasteiger partial charge on any atom is -0.481 e. The Morgan fingerprint density at radius 2 is 2.39 bits per heavy atom. The molecule has 1 aliphatic heterocycles. The van der Waals surface area contributed by atoms with Crippen molar-refractivity contribution in [3.63, 3.8) is 0 Å². The largest absolute Gasteiger partial charge is 0.481 e. The fourth-order valence-corrected chi connectivity index (χ4v) is 1.90. The first-order valence-corrected chi connectivity index (χ1v) is 5.57. The van der Waals surface area contributed by atoms with Crippen LogP contribution in [0.25, 0.3) is 0 Å². The van der Waals surface area contributed by atoms with Gasteiger partial charge in [-0.2, -0.15) is 5.10 Å². The predicted molar refractivity (Wildman–Crippen MR) is 61.1 cm³/mol. The molecule has 1 amide bonds. The third kappa shape index (κ3) is 1.97. The summed E-state index contributed by atoms with van der Waals surface area (Å²) >= 11 is 0. The number of aromatic amines is 1. The molecule has 98 valence electrons. The Morgan fingerprint density at radius 1 is 1.67 bits per heavy atom. The number of hydrogen-bond donors (Lipinski definition) is 3. The summed E-state index contributed by atoms with van der Waals surface area (Å²) in [5, 5.41) is 18.3. The molecule has 2 rings (SSSR count). The lowest BCUT2D eigenvalue weighted by molar-refractivity contribution is -0.148. The first-order chi connectivity index (χ1) is 8.45. The molecule has 0 spiro atoms. The fraction of sp³-hybridized carbons (Fsp3) is 0.545. The molecule has 0 aliphatic carbocycles. The summed E-state index contributed by atoms with van der Waals surface area (Å²) in [6.45, 7) is 3.59. The number of aromatic nitrogens is 2. The summed E-state index contributed by atoms with van der Waals surface area (Å²) in [6.07, 6.45) is 1.42. The van der Waals surface area contributed by atoms with Crippen molar-refractivity contribution in [3.8, 4) is 0 Å². The van der Waals surface area contributed by atoms with Gasteiger partial charge in [-0.25, -0.2) is 0 Å². The van der Waals surface area contributed by atoms with E-state index in [1.165, 1.54) is 6.20 Å². The lowest BCUT2D eigenvalue weighted by Gasteiger charge is -2.25. The van der Waals surface area contributed by atoms with Gasteiger partial charge in [0.05, 0.1) is 31.0 Å². The van der Waals surface area contributed by atoms with Crippen LogP contribution in [0.4, 0.5) is 0 Å². The van der Waals surface area contributed by atoms with Gasteiger partial charge in [0, 0.05) is 5.69 Å². The van der Waals surface area contributed by atoms with E-state index in [9.17, 15) is 14.7 Å². The quantitative estimate of drug-likeness (QED) is 0.700.